The van der Waals surface area contributed by atoms with Gasteiger partial charge >= 0.3 is 0 Å². The lowest BCUT2D eigenvalue weighted by Gasteiger charge is -2.23. The van der Waals surface area contributed by atoms with Gasteiger partial charge in [-0.3, -0.25) is 0 Å². The molecule has 1 aliphatic carbocycles. The van der Waals surface area contributed by atoms with Crippen LogP contribution in [0.25, 0.3) is 0 Å². The van der Waals surface area contributed by atoms with Crippen molar-refractivity contribution in [3.8, 4) is 0 Å². The van der Waals surface area contributed by atoms with Crippen LogP contribution in [0.1, 0.15) is 58.3 Å². The molecule has 1 aliphatic rings. The van der Waals surface area contributed by atoms with Crippen LogP contribution >= 0.6 is 0 Å². The first-order valence-corrected chi connectivity index (χ1v) is 6.03. The minimum atomic E-state index is 0.480. The average molecular weight is 195 g/mol. The first-order chi connectivity index (χ1) is 6.66. The number of hydrogen-bond acceptors (Lipinski definition) is 1. The summed E-state index contributed by atoms with van der Waals surface area (Å²) in [5.41, 5.74) is 6.51. The van der Waals surface area contributed by atoms with Crippen molar-refractivity contribution < 1.29 is 0 Å². The zero-order valence-corrected chi connectivity index (χ0v) is 9.60. The van der Waals surface area contributed by atoms with Crippen molar-refractivity contribution in [2.75, 3.05) is 0 Å². The van der Waals surface area contributed by atoms with E-state index in [0.717, 1.165) is 0 Å². The molecule has 2 atom stereocenters. The van der Waals surface area contributed by atoms with Crippen molar-refractivity contribution in [1.29, 1.82) is 0 Å². The summed E-state index contributed by atoms with van der Waals surface area (Å²) in [6.45, 7) is 6.15. The van der Waals surface area contributed by atoms with Crippen molar-refractivity contribution in [1.82, 2.24) is 0 Å². The quantitative estimate of drug-likeness (QED) is 0.508. The third-order valence-electron chi connectivity index (χ3n) is 3.56. The molecule has 2 N–H and O–H groups in total. The van der Waals surface area contributed by atoms with Crippen LogP contribution in [0.15, 0.2) is 12.7 Å². The molecule has 1 heteroatoms. The SMILES string of the molecule is C=CCCCCCC1(C)CCC(N)C1. The number of rotatable bonds is 6. The Balaban J connectivity index is 2.08. The van der Waals surface area contributed by atoms with Crippen LogP contribution in [-0.2, 0) is 0 Å². The van der Waals surface area contributed by atoms with Gasteiger partial charge in [-0.15, -0.1) is 6.58 Å². The Hall–Kier alpha value is -0.300. The van der Waals surface area contributed by atoms with Gasteiger partial charge in [0.25, 0.3) is 0 Å². The molecule has 0 spiro atoms. The number of allylic oxidation sites excluding steroid dienone is 1. The maximum absolute atomic E-state index is 5.95. The average Bonchev–Trinajstić information content (AvgIpc) is 2.47. The number of hydrogen-bond donors (Lipinski definition) is 1. The summed E-state index contributed by atoms with van der Waals surface area (Å²) in [5, 5.41) is 0. The molecule has 0 radical (unpaired) electrons. The maximum atomic E-state index is 5.95. The van der Waals surface area contributed by atoms with Gasteiger partial charge in [0.05, 0.1) is 0 Å². The Morgan fingerprint density at radius 1 is 1.43 bits per heavy atom. The first-order valence-electron chi connectivity index (χ1n) is 6.03. The standard InChI is InChI=1S/C13H25N/c1-3-4-5-6-7-9-13(2)10-8-12(14)11-13/h3,12H,1,4-11,14H2,2H3. The predicted molar refractivity (Wildman–Crippen MR) is 63.2 cm³/mol. The van der Waals surface area contributed by atoms with Crippen LogP contribution in [0.4, 0.5) is 0 Å². The summed E-state index contributed by atoms with van der Waals surface area (Å²) < 4.78 is 0. The van der Waals surface area contributed by atoms with E-state index < -0.39 is 0 Å². The van der Waals surface area contributed by atoms with Crippen molar-refractivity contribution in [2.45, 2.75) is 64.3 Å². The molecule has 82 valence electrons. The fourth-order valence-corrected chi connectivity index (χ4v) is 2.62. The molecular weight excluding hydrogens is 170 g/mol. The predicted octanol–water partition coefficient (Wildman–Crippen LogP) is 3.64. The number of nitrogens with two attached hydrogens (primary N) is 1. The van der Waals surface area contributed by atoms with E-state index in [1.807, 2.05) is 6.08 Å². The molecule has 14 heavy (non-hydrogen) atoms. The Morgan fingerprint density at radius 2 is 2.21 bits per heavy atom. The fraction of sp³-hybridized carbons (Fsp3) is 0.846. The van der Waals surface area contributed by atoms with Crippen molar-refractivity contribution in [3.63, 3.8) is 0 Å². The van der Waals surface area contributed by atoms with Crippen LogP contribution in [0.2, 0.25) is 0 Å². The van der Waals surface area contributed by atoms with Crippen LogP contribution < -0.4 is 5.73 Å². The fourth-order valence-electron chi connectivity index (χ4n) is 2.62. The summed E-state index contributed by atoms with van der Waals surface area (Å²) in [4.78, 5) is 0. The zero-order chi connectivity index (χ0) is 10.4. The smallest absolute Gasteiger partial charge is 0.00442 e. The third-order valence-corrected chi connectivity index (χ3v) is 3.56. The van der Waals surface area contributed by atoms with Gasteiger partial charge in [0.15, 0.2) is 0 Å². The van der Waals surface area contributed by atoms with Crippen molar-refractivity contribution >= 4 is 0 Å². The second-order valence-corrected chi connectivity index (χ2v) is 5.20. The molecule has 0 heterocycles. The molecule has 2 unspecified atom stereocenters. The second-order valence-electron chi connectivity index (χ2n) is 5.20. The number of unbranched alkanes of at least 4 members (excludes halogenated alkanes) is 3. The highest BCUT2D eigenvalue weighted by Crippen LogP contribution is 2.41. The van der Waals surface area contributed by atoms with Crippen LogP contribution in [0, 0.1) is 5.41 Å². The molecular formula is C13H25N. The van der Waals surface area contributed by atoms with Crippen LogP contribution in [0.3, 0.4) is 0 Å². The minimum absolute atomic E-state index is 0.480. The van der Waals surface area contributed by atoms with E-state index in [9.17, 15) is 0 Å². The van der Waals surface area contributed by atoms with Gasteiger partial charge in [-0.2, -0.15) is 0 Å². The van der Waals surface area contributed by atoms with E-state index in [-0.39, 0.29) is 0 Å². The third kappa shape index (κ3) is 3.83. The Bertz CT molecular complexity index is 176. The monoisotopic (exact) mass is 195 g/mol. The first kappa shape index (κ1) is 11.8. The van der Waals surface area contributed by atoms with E-state index in [1.165, 1.54) is 51.4 Å². The molecule has 0 saturated heterocycles. The van der Waals surface area contributed by atoms with Gasteiger partial charge in [-0.1, -0.05) is 25.8 Å². The normalized spacial score (nSPS) is 32.0. The topological polar surface area (TPSA) is 26.0 Å². The molecule has 0 aromatic rings. The molecule has 1 saturated carbocycles. The van der Waals surface area contributed by atoms with E-state index in [2.05, 4.69) is 13.5 Å². The lowest BCUT2D eigenvalue weighted by atomic mass is 9.83. The molecule has 0 aliphatic heterocycles. The van der Waals surface area contributed by atoms with Crippen LogP contribution in [0.5, 0.6) is 0 Å². The lowest BCUT2D eigenvalue weighted by molar-refractivity contribution is 0.291. The molecule has 0 bridgehead atoms. The molecule has 0 aromatic heterocycles. The van der Waals surface area contributed by atoms with Gasteiger partial charge in [0.2, 0.25) is 0 Å². The molecule has 0 amide bonds. The summed E-state index contributed by atoms with van der Waals surface area (Å²) in [7, 11) is 0. The van der Waals surface area contributed by atoms with Gasteiger partial charge in [0.1, 0.15) is 0 Å². The van der Waals surface area contributed by atoms with Gasteiger partial charge in [-0.25, -0.2) is 0 Å². The van der Waals surface area contributed by atoms with E-state index in [4.69, 9.17) is 5.73 Å². The largest absolute Gasteiger partial charge is 0.328 e. The Morgan fingerprint density at radius 3 is 2.79 bits per heavy atom. The second kappa shape index (κ2) is 5.55. The maximum Gasteiger partial charge on any atom is 0.00442 e. The summed E-state index contributed by atoms with van der Waals surface area (Å²) in [6, 6.07) is 0.480. The van der Waals surface area contributed by atoms with Gasteiger partial charge in [-0.05, 0) is 43.9 Å². The molecule has 1 nitrogen and oxygen atoms in total. The van der Waals surface area contributed by atoms with E-state index in [1.54, 1.807) is 0 Å². The summed E-state index contributed by atoms with van der Waals surface area (Å²) in [5.74, 6) is 0. The highest BCUT2D eigenvalue weighted by Gasteiger charge is 2.32. The molecule has 0 aromatic carbocycles. The Labute approximate surface area is 88.8 Å². The summed E-state index contributed by atoms with van der Waals surface area (Å²) in [6.07, 6.45) is 12.4. The van der Waals surface area contributed by atoms with Crippen molar-refractivity contribution in [3.05, 3.63) is 12.7 Å². The van der Waals surface area contributed by atoms with Crippen LogP contribution in [-0.4, -0.2) is 6.04 Å². The van der Waals surface area contributed by atoms with Gasteiger partial charge in [0, 0.05) is 6.04 Å². The van der Waals surface area contributed by atoms with Gasteiger partial charge < -0.3 is 5.73 Å². The lowest BCUT2D eigenvalue weighted by Crippen LogP contribution is -2.19. The highest BCUT2D eigenvalue weighted by molar-refractivity contribution is 4.87. The minimum Gasteiger partial charge on any atom is -0.328 e. The van der Waals surface area contributed by atoms with E-state index in [0.29, 0.717) is 11.5 Å². The van der Waals surface area contributed by atoms with E-state index >= 15 is 0 Å². The molecule has 1 rings (SSSR count). The summed E-state index contributed by atoms with van der Waals surface area (Å²) >= 11 is 0. The van der Waals surface area contributed by atoms with Crippen molar-refractivity contribution in [2.24, 2.45) is 11.1 Å². The molecule has 1 fully saturated rings. The highest BCUT2D eigenvalue weighted by atomic mass is 14.7. The Kier molecular flexibility index (Phi) is 4.67. The zero-order valence-electron chi connectivity index (χ0n) is 9.60.